The van der Waals surface area contributed by atoms with Gasteiger partial charge in [0.15, 0.2) is 11.5 Å². The molecule has 1 N–H and O–H groups in total. The lowest BCUT2D eigenvalue weighted by Gasteiger charge is -2.27. The molecule has 0 atom stereocenters. The molecule has 0 radical (unpaired) electrons. The largest absolute Gasteiger partial charge is 0.497 e. The Kier molecular flexibility index (Phi) is 7.87. The van der Waals surface area contributed by atoms with Gasteiger partial charge in [-0.1, -0.05) is 38.1 Å². The van der Waals surface area contributed by atoms with Gasteiger partial charge >= 0.3 is 0 Å². The summed E-state index contributed by atoms with van der Waals surface area (Å²) in [5.74, 6) is 2.46. The number of para-hydroxylation sites is 2. The standard InChI is InChI=1S/C28H33N3O4/c1-28(2)14-8-16-31(19-26(32)30-22-10-6-11-23(17-22)33-3)18-21-9-7-15-29-27(21)35-25-13-5-4-12-24(25)34-20-28/h4-7,9-13,15,17H,8,14,16,18-20H2,1-3H3,(H,30,32). The van der Waals surface area contributed by atoms with Crippen molar-refractivity contribution in [3.05, 3.63) is 72.4 Å². The Labute approximate surface area is 207 Å². The average Bonchev–Trinajstić information content (AvgIpc) is 2.85. The highest BCUT2D eigenvalue weighted by molar-refractivity contribution is 5.92. The monoisotopic (exact) mass is 475 g/mol. The summed E-state index contributed by atoms with van der Waals surface area (Å²) in [6, 6.07) is 18.9. The molecule has 7 nitrogen and oxygen atoms in total. The van der Waals surface area contributed by atoms with Crippen molar-refractivity contribution in [3.63, 3.8) is 0 Å². The number of hydrogen-bond acceptors (Lipinski definition) is 6. The molecule has 4 rings (SSSR count). The highest BCUT2D eigenvalue weighted by Crippen LogP contribution is 2.34. The first-order valence-corrected chi connectivity index (χ1v) is 11.9. The van der Waals surface area contributed by atoms with E-state index in [4.69, 9.17) is 14.2 Å². The summed E-state index contributed by atoms with van der Waals surface area (Å²) in [6.07, 6.45) is 3.61. The quantitative estimate of drug-likeness (QED) is 0.536. The van der Waals surface area contributed by atoms with E-state index in [1.54, 1.807) is 13.3 Å². The van der Waals surface area contributed by atoms with Crippen molar-refractivity contribution < 1.29 is 19.0 Å². The van der Waals surface area contributed by atoms with Crippen LogP contribution < -0.4 is 19.5 Å². The molecule has 0 fully saturated rings. The molecule has 7 heteroatoms. The molecule has 0 bridgehead atoms. The lowest BCUT2D eigenvalue weighted by atomic mass is 9.88. The minimum Gasteiger partial charge on any atom is -0.497 e. The molecule has 2 aromatic carbocycles. The first-order valence-electron chi connectivity index (χ1n) is 11.9. The number of pyridine rings is 1. The number of carbonyl (C=O) groups is 1. The van der Waals surface area contributed by atoms with Gasteiger partial charge in [0.05, 0.1) is 20.3 Å². The van der Waals surface area contributed by atoms with Gasteiger partial charge < -0.3 is 19.5 Å². The minimum absolute atomic E-state index is 0.0270. The number of fused-ring (bicyclic) bond motifs is 2. The molecule has 0 unspecified atom stereocenters. The Hall–Kier alpha value is -3.58. The lowest BCUT2D eigenvalue weighted by Crippen LogP contribution is -2.34. The van der Waals surface area contributed by atoms with E-state index in [0.717, 1.165) is 24.9 Å². The smallest absolute Gasteiger partial charge is 0.238 e. The van der Waals surface area contributed by atoms with E-state index in [2.05, 4.69) is 29.0 Å². The Bertz CT molecular complexity index is 1150. The van der Waals surface area contributed by atoms with Crippen LogP contribution in [0.4, 0.5) is 5.69 Å². The van der Waals surface area contributed by atoms with Gasteiger partial charge in [0.25, 0.3) is 0 Å². The van der Waals surface area contributed by atoms with Gasteiger partial charge in [-0.3, -0.25) is 9.69 Å². The summed E-state index contributed by atoms with van der Waals surface area (Å²) in [6.45, 7) is 6.52. The molecule has 0 saturated heterocycles. The van der Waals surface area contributed by atoms with E-state index in [0.29, 0.717) is 42.0 Å². The fourth-order valence-electron chi connectivity index (χ4n) is 4.08. The Morgan fingerprint density at radius 3 is 2.77 bits per heavy atom. The van der Waals surface area contributed by atoms with Crippen LogP contribution >= 0.6 is 0 Å². The number of methoxy groups -OCH3 is 1. The molecule has 1 aliphatic heterocycles. The van der Waals surface area contributed by atoms with Crippen molar-refractivity contribution in [1.29, 1.82) is 0 Å². The number of anilines is 1. The van der Waals surface area contributed by atoms with Crippen LogP contribution in [0, 0.1) is 5.41 Å². The maximum Gasteiger partial charge on any atom is 0.238 e. The van der Waals surface area contributed by atoms with Crippen molar-refractivity contribution in [1.82, 2.24) is 9.88 Å². The van der Waals surface area contributed by atoms with Crippen LogP contribution in [0.15, 0.2) is 66.9 Å². The molecule has 2 heterocycles. The summed E-state index contributed by atoms with van der Waals surface area (Å²) in [5, 5.41) is 2.99. The van der Waals surface area contributed by atoms with E-state index >= 15 is 0 Å². The van der Waals surface area contributed by atoms with Gasteiger partial charge in [-0.15, -0.1) is 0 Å². The number of nitrogens with one attached hydrogen (secondary N) is 1. The van der Waals surface area contributed by atoms with Crippen molar-refractivity contribution >= 4 is 11.6 Å². The van der Waals surface area contributed by atoms with Crippen molar-refractivity contribution in [2.24, 2.45) is 5.41 Å². The number of aromatic nitrogens is 1. The topological polar surface area (TPSA) is 72.9 Å². The molecule has 1 aromatic heterocycles. The Morgan fingerprint density at radius 2 is 1.94 bits per heavy atom. The van der Waals surface area contributed by atoms with Crippen LogP contribution in [-0.2, 0) is 11.3 Å². The predicted molar refractivity (Wildman–Crippen MR) is 136 cm³/mol. The summed E-state index contributed by atoms with van der Waals surface area (Å²) in [5.41, 5.74) is 1.59. The first-order chi connectivity index (χ1) is 16.9. The van der Waals surface area contributed by atoms with Gasteiger partial charge in [0.1, 0.15) is 5.75 Å². The molecule has 3 aromatic rings. The number of ether oxygens (including phenoxy) is 3. The van der Waals surface area contributed by atoms with Gasteiger partial charge in [-0.05, 0) is 55.1 Å². The van der Waals surface area contributed by atoms with Gasteiger partial charge in [0, 0.05) is 30.1 Å². The SMILES string of the molecule is COc1cccc(NC(=O)CN2CCCC(C)(C)COc3ccccc3Oc3ncccc3C2)c1. The number of benzene rings is 2. The minimum atomic E-state index is -0.0816. The average molecular weight is 476 g/mol. The van der Waals surface area contributed by atoms with Crippen LogP contribution in [-0.4, -0.2) is 42.6 Å². The maximum atomic E-state index is 13.0. The highest BCUT2D eigenvalue weighted by atomic mass is 16.5. The maximum absolute atomic E-state index is 13.0. The molecule has 0 aliphatic carbocycles. The third-order valence-corrected chi connectivity index (χ3v) is 5.97. The molecule has 35 heavy (non-hydrogen) atoms. The van der Waals surface area contributed by atoms with Gasteiger partial charge in [0.2, 0.25) is 11.8 Å². The van der Waals surface area contributed by atoms with Crippen molar-refractivity contribution in [2.45, 2.75) is 33.2 Å². The molecule has 1 amide bonds. The second-order valence-electron chi connectivity index (χ2n) is 9.56. The molecule has 0 saturated carbocycles. The van der Waals surface area contributed by atoms with E-state index < -0.39 is 0 Å². The second kappa shape index (κ2) is 11.2. The van der Waals surface area contributed by atoms with E-state index in [1.807, 2.05) is 60.7 Å². The summed E-state index contributed by atoms with van der Waals surface area (Å²) < 4.78 is 17.7. The van der Waals surface area contributed by atoms with E-state index in [-0.39, 0.29) is 17.9 Å². The zero-order valence-corrected chi connectivity index (χ0v) is 20.6. The van der Waals surface area contributed by atoms with E-state index in [1.165, 1.54) is 0 Å². The zero-order valence-electron chi connectivity index (χ0n) is 20.6. The number of hydrogen-bond donors (Lipinski definition) is 1. The molecular weight excluding hydrogens is 442 g/mol. The Morgan fingerprint density at radius 1 is 1.11 bits per heavy atom. The third kappa shape index (κ3) is 6.96. The molecule has 184 valence electrons. The van der Waals surface area contributed by atoms with Crippen LogP contribution in [0.5, 0.6) is 23.1 Å². The van der Waals surface area contributed by atoms with Gasteiger partial charge in [-0.2, -0.15) is 0 Å². The highest BCUT2D eigenvalue weighted by Gasteiger charge is 2.23. The van der Waals surface area contributed by atoms with Crippen molar-refractivity contribution in [3.8, 4) is 23.1 Å². The van der Waals surface area contributed by atoms with Crippen LogP contribution in [0.25, 0.3) is 0 Å². The lowest BCUT2D eigenvalue weighted by molar-refractivity contribution is -0.117. The van der Waals surface area contributed by atoms with Crippen LogP contribution in [0.2, 0.25) is 0 Å². The summed E-state index contributed by atoms with van der Waals surface area (Å²) in [4.78, 5) is 19.6. The number of amides is 1. The number of carbonyl (C=O) groups excluding carboxylic acids is 1. The molecule has 0 spiro atoms. The Balaban J connectivity index is 1.56. The zero-order chi connectivity index (χ0) is 24.7. The number of nitrogens with zero attached hydrogens (tertiary/aromatic N) is 2. The number of rotatable bonds is 4. The molecular formula is C28H33N3O4. The fourth-order valence-corrected chi connectivity index (χ4v) is 4.08. The van der Waals surface area contributed by atoms with Gasteiger partial charge in [-0.25, -0.2) is 4.98 Å². The fraction of sp³-hybridized carbons (Fsp3) is 0.357. The first kappa shape index (κ1) is 24.5. The predicted octanol–water partition coefficient (Wildman–Crippen LogP) is 5.52. The van der Waals surface area contributed by atoms with E-state index in [9.17, 15) is 4.79 Å². The summed E-state index contributed by atoms with van der Waals surface area (Å²) in [7, 11) is 1.61. The van der Waals surface area contributed by atoms with Crippen LogP contribution in [0.1, 0.15) is 32.3 Å². The molecule has 1 aliphatic rings. The summed E-state index contributed by atoms with van der Waals surface area (Å²) >= 11 is 0. The van der Waals surface area contributed by atoms with Crippen LogP contribution in [0.3, 0.4) is 0 Å². The van der Waals surface area contributed by atoms with Crippen molar-refractivity contribution in [2.75, 3.05) is 32.1 Å². The normalized spacial score (nSPS) is 16.1. The second-order valence-corrected chi connectivity index (χ2v) is 9.56. The third-order valence-electron chi connectivity index (χ3n) is 5.97.